The Balaban J connectivity index is 1.88. The molecule has 21 heavy (non-hydrogen) atoms. The van der Waals surface area contributed by atoms with Gasteiger partial charge in [0.15, 0.2) is 0 Å². The maximum absolute atomic E-state index is 13.2. The molecular formula is C15H13ClFNO2S. The second kappa shape index (κ2) is 5.75. The highest BCUT2D eigenvalue weighted by Gasteiger charge is 2.33. The van der Waals surface area contributed by atoms with Crippen LogP contribution in [0.4, 0.5) is 4.39 Å². The summed E-state index contributed by atoms with van der Waals surface area (Å²) in [5.41, 5.74) is 1.68. The van der Waals surface area contributed by atoms with Gasteiger partial charge in [-0.15, -0.1) is 11.3 Å². The third-order valence-electron chi connectivity index (χ3n) is 3.67. The molecule has 0 saturated carbocycles. The Morgan fingerprint density at radius 3 is 3.00 bits per heavy atom. The van der Waals surface area contributed by atoms with Crippen LogP contribution in [0.2, 0.25) is 5.02 Å². The van der Waals surface area contributed by atoms with Gasteiger partial charge in [-0.3, -0.25) is 9.69 Å². The number of benzene rings is 1. The molecule has 1 aliphatic rings. The molecule has 3 nitrogen and oxygen atoms in total. The fraction of sp³-hybridized carbons (Fsp3) is 0.267. The monoisotopic (exact) mass is 325 g/mol. The number of halogens is 2. The number of hydrogen-bond acceptors (Lipinski definition) is 3. The molecule has 0 fully saturated rings. The van der Waals surface area contributed by atoms with E-state index in [4.69, 9.17) is 11.6 Å². The van der Waals surface area contributed by atoms with Gasteiger partial charge in [-0.1, -0.05) is 17.7 Å². The number of aliphatic carboxylic acids is 1. The molecular weight excluding hydrogens is 313 g/mol. The number of thiophene rings is 1. The smallest absolute Gasteiger partial charge is 0.325 e. The summed E-state index contributed by atoms with van der Waals surface area (Å²) in [6.45, 7) is 1.10. The van der Waals surface area contributed by atoms with Gasteiger partial charge < -0.3 is 5.11 Å². The quantitative estimate of drug-likeness (QED) is 0.935. The van der Waals surface area contributed by atoms with Crippen molar-refractivity contribution in [1.82, 2.24) is 4.90 Å². The van der Waals surface area contributed by atoms with Gasteiger partial charge in [-0.05, 0) is 41.1 Å². The van der Waals surface area contributed by atoms with Crippen LogP contribution in [0, 0.1) is 5.82 Å². The first-order valence-electron chi connectivity index (χ1n) is 6.53. The van der Waals surface area contributed by atoms with E-state index in [0.717, 1.165) is 22.4 Å². The summed E-state index contributed by atoms with van der Waals surface area (Å²) in [6.07, 6.45) is 0.839. The molecule has 3 rings (SSSR count). The molecule has 0 amide bonds. The van der Waals surface area contributed by atoms with Crippen LogP contribution in [0.1, 0.15) is 22.0 Å². The Morgan fingerprint density at radius 2 is 2.29 bits per heavy atom. The van der Waals surface area contributed by atoms with E-state index < -0.39 is 17.8 Å². The molecule has 2 heterocycles. The summed E-state index contributed by atoms with van der Waals surface area (Å²) in [6, 6.07) is 5.74. The van der Waals surface area contributed by atoms with Crippen LogP contribution in [-0.2, 0) is 17.8 Å². The third-order valence-corrected chi connectivity index (χ3v) is 4.96. The summed E-state index contributed by atoms with van der Waals surface area (Å²) < 4.78 is 13.2. The number of fused-ring (bicyclic) bond motifs is 1. The van der Waals surface area contributed by atoms with E-state index in [9.17, 15) is 14.3 Å². The zero-order valence-corrected chi connectivity index (χ0v) is 12.6. The molecule has 1 aromatic heterocycles. The minimum Gasteiger partial charge on any atom is -0.480 e. The molecule has 0 saturated heterocycles. The number of nitrogens with zero attached hydrogens (tertiary/aromatic N) is 1. The Morgan fingerprint density at radius 1 is 1.48 bits per heavy atom. The molecule has 0 spiro atoms. The fourth-order valence-corrected chi connectivity index (χ4v) is 3.81. The van der Waals surface area contributed by atoms with Crippen molar-refractivity contribution in [3.63, 3.8) is 0 Å². The van der Waals surface area contributed by atoms with Gasteiger partial charge in [-0.25, -0.2) is 4.39 Å². The molecule has 110 valence electrons. The zero-order valence-electron chi connectivity index (χ0n) is 11.1. The first-order chi connectivity index (χ1) is 10.1. The lowest BCUT2D eigenvalue weighted by molar-refractivity contribution is -0.144. The Labute approximate surface area is 130 Å². The lowest BCUT2D eigenvalue weighted by atomic mass is 9.99. The topological polar surface area (TPSA) is 40.5 Å². The van der Waals surface area contributed by atoms with E-state index in [2.05, 4.69) is 0 Å². The van der Waals surface area contributed by atoms with Crippen molar-refractivity contribution in [2.24, 2.45) is 0 Å². The van der Waals surface area contributed by atoms with Crippen LogP contribution in [0.3, 0.4) is 0 Å². The summed E-state index contributed by atoms with van der Waals surface area (Å²) in [7, 11) is 0. The van der Waals surface area contributed by atoms with E-state index >= 15 is 0 Å². The Bertz CT molecular complexity index is 688. The molecule has 1 N–H and O–H groups in total. The molecule has 2 aromatic rings. The Hall–Kier alpha value is -1.43. The van der Waals surface area contributed by atoms with Crippen LogP contribution < -0.4 is 0 Å². The van der Waals surface area contributed by atoms with Crippen LogP contribution in [0.25, 0.3) is 0 Å². The van der Waals surface area contributed by atoms with Crippen LogP contribution >= 0.6 is 22.9 Å². The van der Waals surface area contributed by atoms with E-state index in [1.807, 2.05) is 16.3 Å². The van der Waals surface area contributed by atoms with Crippen molar-refractivity contribution in [2.75, 3.05) is 6.54 Å². The lowest BCUT2D eigenvalue weighted by Gasteiger charge is -2.33. The molecule has 0 radical (unpaired) electrons. The van der Waals surface area contributed by atoms with Crippen molar-refractivity contribution >= 4 is 28.9 Å². The predicted molar refractivity (Wildman–Crippen MR) is 80.2 cm³/mol. The molecule has 1 aliphatic heterocycles. The minimum absolute atomic E-state index is 0.0626. The van der Waals surface area contributed by atoms with E-state index in [0.29, 0.717) is 13.1 Å². The number of carbonyl (C=O) groups is 1. The van der Waals surface area contributed by atoms with E-state index in [1.54, 1.807) is 23.5 Å². The summed E-state index contributed by atoms with van der Waals surface area (Å²) >= 11 is 7.38. The zero-order chi connectivity index (χ0) is 15.0. The van der Waals surface area contributed by atoms with Crippen LogP contribution in [0.15, 0.2) is 29.6 Å². The highest BCUT2D eigenvalue weighted by Crippen LogP contribution is 2.34. The second-order valence-electron chi connectivity index (χ2n) is 5.01. The van der Waals surface area contributed by atoms with Crippen LogP contribution in [0.5, 0.6) is 0 Å². The number of hydrogen-bond donors (Lipinski definition) is 1. The van der Waals surface area contributed by atoms with Gasteiger partial charge in [0.2, 0.25) is 0 Å². The molecule has 6 heteroatoms. The first kappa shape index (κ1) is 14.5. The van der Waals surface area contributed by atoms with Crippen molar-refractivity contribution in [1.29, 1.82) is 0 Å². The lowest BCUT2D eigenvalue weighted by Crippen LogP contribution is -2.38. The minimum atomic E-state index is -0.859. The number of rotatable bonds is 3. The van der Waals surface area contributed by atoms with Gasteiger partial charge in [0.25, 0.3) is 0 Å². The summed E-state index contributed by atoms with van der Waals surface area (Å²) in [5.74, 6) is -1.32. The highest BCUT2D eigenvalue weighted by atomic mass is 35.5. The molecule has 1 unspecified atom stereocenters. The van der Waals surface area contributed by atoms with Crippen molar-refractivity contribution in [3.8, 4) is 0 Å². The van der Waals surface area contributed by atoms with Crippen molar-refractivity contribution in [2.45, 2.75) is 19.0 Å². The van der Waals surface area contributed by atoms with Crippen LogP contribution in [-0.4, -0.2) is 22.5 Å². The van der Waals surface area contributed by atoms with E-state index in [1.165, 1.54) is 6.07 Å². The molecule has 0 aliphatic carbocycles. The van der Waals surface area contributed by atoms with Gasteiger partial charge in [0.1, 0.15) is 11.9 Å². The SMILES string of the molecule is O=C(O)C1c2ccsc2CCN1Cc1ccc(F)c(Cl)c1. The normalized spacial score (nSPS) is 18.5. The van der Waals surface area contributed by atoms with Gasteiger partial charge in [0, 0.05) is 18.0 Å². The fourth-order valence-electron chi connectivity index (χ4n) is 2.70. The third kappa shape index (κ3) is 2.81. The highest BCUT2D eigenvalue weighted by molar-refractivity contribution is 7.10. The average molecular weight is 326 g/mol. The standard InChI is InChI=1S/C15H13ClFNO2S/c16-11-7-9(1-2-12(11)17)8-18-5-3-13-10(4-6-21-13)14(18)15(19)20/h1-2,4,6-7,14H,3,5,8H2,(H,19,20). The second-order valence-corrected chi connectivity index (χ2v) is 6.42. The molecule has 1 aromatic carbocycles. The average Bonchev–Trinajstić information content (AvgIpc) is 2.90. The first-order valence-corrected chi connectivity index (χ1v) is 7.79. The number of carboxylic acid groups (broad SMARTS) is 1. The largest absolute Gasteiger partial charge is 0.480 e. The van der Waals surface area contributed by atoms with Crippen molar-refractivity contribution < 1.29 is 14.3 Å². The molecule has 1 atom stereocenters. The van der Waals surface area contributed by atoms with Gasteiger partial charge in [0.05, 0.1) is 5.02 Å². The Kier molecular flexibility index (Phi) is 3.97. The van der Waals surface area contributed by atoms with Gasteiger partial charge >= 0.3 is 5.97 Å². The maximum Gasteiger partial charge on any atom is 0.325 e. The predicted octanol–water partition coefficient (Wildman–Crippen LogP) is 3.72. The molecule has 0 bridgehead atoms. The van der Waals surface area contributed by atoms with Gasteiger partial charge in [-0.2, -0.15) is 0 Å². The van der Waals surface area contributed by atoms with Crippen molar-refractivity contribution in [3.05, 3.63) is 56.5 Å². The van der Waals surface area contributed by atoms with E-state index in [-0.39, 0.29) is 5.02 Å². The maximum atomic E-state index is 13.2. The number of carboxylic acids is 1. The summed E-state index contributed by atoms with van der Waals surface area (Å²) in [5, 5.41) is 11.5. The summed E-state index contributed by atoms with van der Waals surface area (Å²) in [4.78, 5) is 14.6.